The summed E-state index contributed by atoms with van der Waals surface area (Å²) in [6.07, 6.45) is 0.868. The fourth-order valence-corrected chi connectivity index (χ4v) is 1.66. The highest BCUT2D eigenvalue weighted by molar-refractivity contribution is 5.92. The summed E-state index contributed by atoms with van der Waals surface area (Å²) in [7, 11) is 0. The van der Waals surface area contributed by atoms with Crippen LogP contribution in [0.5, 0.6) is 0 Å². The van der Waals surface area contributed by atoms with E-state index in [4.69, 9.17) is 0 Å². The second-order valence-electron chi connectivity index (χ2n) is 3.69. The molecule has 0 spiro atoms. The highest BCUT2D eigenvalue weighted by Crippen LogP contribution is 2.13. The molecule has 0 bridgehead atoms. The van der Waals surface area contributed by atoms with Gasteiger partial charge in [0.15, 0.2) is 0 Å². The van der Waals surface area contributed by atoms with Gasteiger partial charge in [0.05, 0.1) is 5.92 Å². The van der Waals surface area contributed by atoms with E-state index in [1.54, 1.807) is 12.1 Å². The van der Waals surface area contributed by atoms with Crippen molar-refractivity contribution in [2.45, 2.75) is 6.42 Å². The lowest BCUT2D eigenvalue weighted by atomic mass is 10.1. The van der Waals surface area contributed by atoms with Gasteiger partial charge in [-0.15, -0.1) is 12.4 Å². The van der Waals surface area contributed by atoms with Crippen molar-refractivity contribution < 1.29 is 9.18 Å². The topological polar surface area (TPSA) is 41.1 Å². The SMILES string of the molecule is Cl.O=C(Nc1ccc(F)cc1)[C@H]1CCNC1. The number of amides is 1. The standard InChI is InChI=1S/C11H13FN2O.ClH/c12-9-1-3-10(4-2-9)14-11(15)8-5-6-13-7-8;/h1-4,8,13H,5-7H2,(H,14,15);1H/t8-;/m0./s1. The van der Waals surface area contributed by atoms with E-state index in [0.29, 0.717) is 5.69 Å². The Labute approximate surface area is 99.8 Å². The summed E-state index contributed by atoms with van der Waals surface area (Å²) in [5, 5.41) is 5.89. The highest BCUT2D eigenvalue weighted by Gasteiger charge is 2.22. The van der Waals surface area contributed by atoms with Crippen molar-refractivity contribution in [1.29, 1.82) is 0 Å². The minimum Gasteiger partial charge on any atom is -0.326 e. The van der Waals surface area contributed by atoms with Crippen LogP contribution in [0.4, 0.5) is 10.1 Å². The summed E-state index contributed by atoms with van der Waals surface area (Å²) in [6.45, 7) is 1.62. The number of anilines is 1. The molecular weight excluding hydrogens is 231 g/mol. The van der Waals surface area contributed by atoms with Crippen LogP contribution in [0.2, 0.25) is 0 Å². The zero-order chi connectivity index (χ0) is 10.7. The molecule has 0 aromatic heterocycles. The predicted octanol–water partition coefficient (Wildman–Crippen LogP) is 1.80. The monoisotopic (exact) mass is 244 g/mol. The predicted molar refractivity (Wildman–Crippen MR) is 63.3 cm³/mol. The molecule has 0 unspecified atom stereocenters. The normalized spacial score (nSPS) is 18.9. The summed E-state index contributed by atoms with van der Waals surface area (Å²) < 4.78 is 12.6. The van der Waals surface area contributed by atoms with Crippen molar-refractivity contribution in [2.75, 3.05) is 18.4 Å². The van der Waals surface area contributed by atoms with Gasteiger partial charge in [-0.1, -0.05) is 0 Å². The van der Waals surface area contributed by atoms with Gasteiger partial charge in [-0.2, -0.15) is 0 Å². The molecule has 88 valence electrons. The van der Waals surface area contributed by atoms with Crippen LogP contribution in [-0.4, -0.2) is 19.0 Å². The van der Waals surface area contributed by atoms with E-state index in [1.165, 1.54) is 12.1 Å². The fourth-order valence-electron chi connectivity index (χ4n) is 1.66. The fraction of sp³-hybridized carbons (Fsp3) is 0.364. The Balaban J connectivity index is 0.00000128. The maximum absolute atomic E-state index is 12.6. The summed E-state index contributed by atoms with van der Waals surface area (Å²) in [6, 6.07) is 5.80. The number of nitrogens with one attached hydrogen (secondary N) is 2. The van der Waals surface area contributed by atoms with Crippen molar-refractivity contribution in [2.24, 2.45) is 5.92 Å². The Hall–Kier alpha value is -1.13. The van der Waals surface area contributed by atoms with E-state index in [2.05, 4.69) is 10.6 Å². The summed E-state index contributed by atoms with van der Waals surface area (Å²) in [5.74, 6) is -0.253. The Morgan fingerprint density at radius 2 is 2.06 bits per heavy atom. The number of carbonyl (C=O) groups excluding carboxylic acids is 1. The van der Waals surface area contributed by atoms with Crippen molar-refractivity contribution in [3.05, 3.63) is 30.1 Å². The number of carbonyl (C=O) groups is 1. The molecule has 1 aromatic carbocycles. The largest absolute Gasteiger partial charge is 0.326 e. The molecule has 1 aliphatic rings. The molecule has 2 rings (SSSR count). The van der Waals surface area contributed by atoms with Crippen molar-refractivity contribution in [3.8, 4) is 0 Å². The Bertz CT molecular complexity index is 350. The second-order valence-corrected chi connectivity index (χ2v) is 3.69. The molecule has 1 fully saturated rings. The Morgan fingerprint density at radius 3 is 2.62 bits per heavy atom. The molecule has 1 amide bonds. The lowest BCUT2D eigenvalue weighted by Gasteiger charge is -2.09. The molecule has 3 nitrogen and oxygen atoms in total. The lowest BCUT2D eigenvalue weighted by molar-refractivity contribution is -0.119. The number of hydrogen-bond donors (Lipinski definition) is 2. The first kappa shape index (κ1) is 12.9. The molecule has 1 atom stereocenters. The summed E-state index contributed by atoms with van der Waals surface area (Å²) >= 11 is 0. The average Bonchev–Trinajstić information content (AvgIpc) is 2.74. The number of hydrogen-bond acceptors (Lipinski definition) is 2. The molecule has 0 aliphatic carbocycles. The van der Waals surface area contributed by atoms with E-state index in [9.17, 15) is 9.18 Å². The van der Waals surface area contributed by atoms with Crippen LogP contribution in [0.3, 0.4) is 0 Å². The van der Waals surface area contributed by atoms with E-state index >= 15 is 0 Å². The first-order valence-corrected chi connectivity index (χ1v) is 5.03. The highest BCUT2D eigenvalue weighted by atomic mass is 35.5. The van der Waals surface area contributed by atoms with Crippen LogP contribution in [0.25, 0.3) is 0 Å². The minimum atomic E-state index is -0.296. The van der Waals surface area contributed by atoms with Crippen molar-refractivity contribution >= 4 is 24.0 Å². The van der Waals surface area contributed by atoms with Crippen LogP contribution < -0.4 is 10.6 Å². The summed E-state index contributed by atoms with van der Waals surface area (Å²) in [5.41, 5.74) is 0.647. The smallest absolute Gasteiger partial charge is 0.228 e. The molecule has 0 saturated carbocycles. The van der Waals surface area contributed by atoms with Gasteiger partial charge in [-0.05, 0) is 37.2 Å². The third-order valence-electron chi connectivity index (χ3n) is 2.54. The van der Waals surface area contributed by atoms with Gasteiger partial charge in [0.1, 0.15) is 5.82 Å². The summed E-state index contributed by atoms with van der Waals surface area (Å²) in [4.78, 5) is 11.7. The first-order chi connectivity index (χ1) is 7.25. The third-order valence-corrected chi connectivity index (χ3v) is 2.54. The molecule has 16 heavy (non-hydrogen) atoms. The minimum absolute atomic E-state index is 0. The number of halogens is 2. The van der Waals surface area contributed by atoms with E-state index < -0.39 is 0 Å². The molecule has 1 heterocycles. The van der Waals surface area contributed by atoms with E-state index in [-0.39, 0.29) is 30.0 Å². The second kappa shape index (κ2) is 5.82. The van der Waals surface area contributed by atoms with E-state index in [0.717, 1.165) is 19.5 Å². The molecule has 5 heteroatoms. The van der Waals surface area contributed by atoms with Crippen LogP contribution in [0.15, 0.2) is 24.3 Å². The van der Waals surface area contributed by atoms with Gasteiger partial charge in [0.2, 0.25) is 5.91 Å². The Morgan fingerprint density at radius 1 is 1.38 bits per heavy atom. The van der Waals surface area contributed by atoms with Crippen molar-refractivity contribution in [1.82, 2.24) is 5.32 Å². The third kappa shape index (κ3) is 3.18. The lowest BCUT2D eigenvalue weighted by Crippen LogP contribution is -2.24. The number of rotatable bonds is 2. The maximum atomic E-state index is 12.6. The van der Waals surface area contributed by atoms with Gasteiger partial charge in [0.25, 0.3) is 0 Å². The van der Waals surface area contributed by atoms with Gasteiger partial charge in [-0.25, -0.2) is 4.39 Å². The van der Waals surface area contributed by atoms with Crippen LogP contribution >= 0.6 is 12.4 Å². The molecule has 2 N–H and O–H groups in total. The Kier molecular flexibility index (Phi) is 4.71. The quantitative estimate of drug-likeness (QED) is 0.833. The zero-order valence-electron chi connectivity index (χ0n) is 8.70. The maximum Gasteiger partial charge on any atom is 0.228 e. The van der Waals surface area contributed by atoms with Gasteiger partial charge >= 0.3 is 0 Å². The first-order valence-electron chi connectivity index (χ1n) is 5.03. The molecule has 1 saturated heterocycles. The van der Waals surface area contributed by atoms with Gasteiger partial charge in [0, 0.05) is 12.2 Å². The molecular formula is C11H14ClFN2O. The molecule has 1 aromatic rings. The van der Waals surface area contributed by atoms with Crippen LogP contribution in [0.1, 0.15) is 6.42 Å². The van der Waals surface area contributed by atoms with Crippen LogP contribution in [-0.2, 0) is 4.79 Å². The van der Waals surface area contributed by atoms with Gasteiger partial charge < -0.3 is 10.6 Å². The molecule has 1 aliphatic heterocycles. The zero-order valence-corrected chi connectivity index (χ0v) is 9.52. The van der Waals surface area contributed by atoms with Crippen LogP contribution in [0, 0.1) is 11.7 Å². The van der Waals surface area contributed by atoms with E-state index in [1.807, 2.05) is 0 Å². The number of benzene rings is 1. The van der Waals surface area contributed by atoms with Gasteiger partial charge in [-0.3, -0.25) is 4.79 Å². The molecule has 0 radical (unpaired) electrons. The average molecular weight is 245 g/mol. The van der Waals surface area contributed by atoms with Crippen molar-refractivity contribution in [3.63, 3.8) is 0 Å².